The van der Waals surface area contributed by atoms with Crippen molar-refractivity contribution in [3.8, 4) is 16.8 Å². The van der Waals surface area contributed by atoms with Crippen molar-refractivity contribution in [2.24, 2.45) is 0 Å². The van der Waals surface area contributed by atoms with Gasteiger partial charge in [0.05, 0.1) is 11.0 Å². The largest absolute Gasteiger partial charge is 0.456 e. The van der Waals surface area contributed by atoms with Gasteiger partial charge in [-0.05, 0) is 94.7 Å². The van der Waals surface area contributed by atoms with Gasteiger partial charge in [-0.1, -0.05) is 109 Å². The Morgan fingerprint density at radius 3 is 1.86 bits per heavy atom. The van der Waals surface area contributed by atoms with Crippen molar-refractivity contribution >= 4 is 71.6 Å². The van der Waals surface area contributed by atoms with Crippen molar-refractivity contribution < 1.29 is 4.42 Å². The first kappa shape index (κ1) is 27.5. The third-order valence-electron chi connectivity index (χ3n) is 9.76. The Kier molecular flexibility index (Phi) is 6.18. The SMILES string of the molecule is c1ccc(N(c2ccc(-c3ccc4c(ccc5oc6ccccc6c54)c3)cc2)c2ccc3c4ccccc4n(-c4ccccc4)c3c2)cc1. The molecule has 0 amide bonds. The topological polar surface area (TPSA) is 21.3 Å². The molecule has 3 nitrogen and oxygen atoms in total. The van der Waals surface area contributed by atoms with E-state index >= 15 is 0 Å². The van der Waals surface area contributed by atoms with Gasteiger partial charge < -0.3 is 13.9 Å². The minimum atomic E-state index is 0.924. The molecule has 0 unspecified atom stereocenters. The summed E-state index contributed by atoms with van der Waals surface area (Å²) in [6.45, 7) is 0. The van der Waals surface area contributed by atoms with Crippen molar-refractivity contribution in [3.63, 3.8) is 0 Å². The fourth-order valence-corrected chi connectivity index (χ4v) is 7.51. The molecule has 0 spiro atoms. The van der Waals surface area contributed by atoms with E-state index < -0.39 is 0 Å². The highest BCUT2D eigenvalue weighted by Crippen LogP contribution is 2.41. The number of nitrogens with zero attached hydrogens (tertiary/aromatic N) is 2. The van der Waals surface area contributed by atoms with Gasteiger partial charge in [0.25, 0.3) is 0 Å². The summed E-state index contributed by atoms with van der Waals surface area (Å²) in [5.41, 5.74) is 11.1. The molecule has 10 aromatic rings. The van der Waals surface area contributed by atoms with Gasteiger partial charge >= 0.3 is 0 Å². The van der Waals surface area contributed by atoms with Crippen molar-refractivity contribution in [2.45, 2.75) is 0 Å². The summed E-state index contributed by atoms with van der Waals surface area (Å²) in [6, 6.07) is 65.0. The molecule has 2 heterocycles. The van der Waals surface area contributed by atoms with Crippen LogP contribution in [0, 0.1) is 0 Å². The van der Waals surface area contributed by atoms with Crippen LogP contribution in [0.3, 0.4) is 0 Å². The number of benzene rings is 8. The zero-order valence-corrected chi connectivity index (χ0v) is 26.6. The highest BCUT2D eigenvalue weighted by atomic mass is 16.3. The number of aromatic nitrogens is 1. The van der Waals surface area contributed by atoms with E-state index in [4.69, 9.17) is 4.42 Å². The monoisotopic (exact) mass is 626 g/mol. The number of fused-ring (bicyclic) bond motifs is 8. The summed E-state index contributed by atoms with van der Waals surface area (Å²) in [5, 5.41) is 7.24. The highest BCUT2D eigenvalue weighted by molar-refractivity contribution is 6.19. The van der Waals surface area contributed by atoms with Crippen LogP contribution in [0.15, 0.2) is 186 Å². The highest BCUT2D eigenvalue weighted by Gasteiger charge is 2.18. The van der Waals surface area contributed by atoms with Gasteiger partial charge in [-0.3, -0.25) is 0 Å². The molecule has 8 aromatic carbocycles. The number of para-hydroxylation sites is 4. The minimum Gasteiger partial charge on any atom is -0.456 e. The van der Waals surface area contributed by atoms with Crippen LogP contribution in [0.5, 0.6) is 0 Å². The molecule has 10 rings (SSSR count). The van der Waals surface area contributed by atoms with E-state index in [2.05, 4.69) is 179 Å². The molecule has 49 heavy (non-hydrogen) atoms. The van der Waals surface area contributed by atoms with Gasteiger partial charge in [-0.15, -0.1) is 0 Å². The van der Waals surface area contributed by atoms with Gasteiger partial charge in [0.1, 0.15) is 11.2 Å². The van der Waals surface area contributed by atoms with E-state index in [0.717, 1.165) is 39.3 Å². The number of hydrogen-bond acceptors (Lipinski definition) is 2. The first-order valence-corrected chi connectivity index (χ1v) is 16.7. The number of rotatable bonds is 5. The van der Waals surface area contributed by atoms with E-state index in [1.165, 1.54) is 49.1 Å². The number of anilines is 3. The summed E-state index contributed by atoms with van der Waals surface area (Å²) in [5.74, 6) is 0. The van der Waals surface area contributed by atoms with Crippen molar-refractivity contribution in [1.29, 1.82) is 0 Å². The van der Waals surface area contributed by atoms with Crippen molar-refractivity contribution in [3.05, 3.63) is 182 Å². The Morgan fingerprint density at radius 1 is 0.388 bits per heavy atom. The Balaban J connectivity index is 1.09. The normalized spacial score (nSPS) is 11.7. The summed E-state index contributed by atoms with van der Waals surface area (Å²) < 4.78 is 8.52. The van der Waals surface area contributed by atoms with Crippen LogP contribution in [0.1, 0.15) is 0 Å². The molecular formula is C46H30N2O. The first-order chi connectivity index (χ1) is 24.3. The number of furan rings is 1. The zero-order chi connectivity index (χ0) is 32.3. The second kappa shape index (κ2) is 11.0. The average Bonchev–Trinajstić information content (AvgIpc) is 3.72. The van der Waals surface area contributed by atoms with Crippen LogP contribution < -0.4 is 4.90 Å². The Hall–Kier alpha value is -6.58. The standard InChI is InChI=1S/C46H30N2O/c1-3-11-34(12-4-1)47(37-25-27-40-39-15-7-9-17-42(39)48(43(40)30-37)35-13-5-2-6-14-35)36-23-19-31(20-24-36)32-21-26-38-33(29-32)22-28-45-46(38)41-16-8-10-18-44(41)49-45/h1-30H. The molecular weight excluding hydrogens is 597 g/mol. The Morgan fingerprint density at radius 2 is 1.02 bits per heavy atom. The van der Waals surface area contributed by atoms with Crippen molar-refractivity contribution in [2.75, 3.05) is 4.90 Å². The molecule has 0 fully saturated rings. The van der Waals surface area contributed by atoms with Crippen LogP contribution in [0.2, 0.25) is 0 Å². The maximum atomic E-state index is 6.15. The van der Waals surface area contributed by atoms with Gasteiger partial charge in [0, 0.05) is 44.3 Å². The van der Waals surface area contributed by atoms with Crippen LogP contribution >= 0.6 is 0 Å². The lowest BCUT2D eigenvalue weighted by atomic mass is 9.98. The summed E-state index contributed by atoms with van der Waals surface area (Å²) >= 11 is 0. The molecule has 0 aliphatic heterocycles. The molecule has 2 aromatic heterocycles. The predicted octanol–water partition coefficient (Wildman–Crippen LogP) is 13.0. The van der Waals surface area contributed by atoms with E-state index in [0.29, 0.717) is 0 Å². The molecule has 0 radical (unpaired) electrons. The molecule has 0 aliphatic rings. The second-order valence-corrected chi connectivity index (χ2v) is 12.6. The molecule has 0 aliphatic carbocycles. The van der Waals surface area contributed by atoms with Crippen LogP contribution in [-0.2, 0) is 0 Å². The quantitative estimate of drug-likeness (QED) is 0.190. The fourth-order valence-electron chi connectivity index (χ4n) is 7.51. The van der Waals surface area contributed by atoms with E-state index in [-0.39, 0.29) is 0 Å². The van der Waals surface area contributed by atoms with Gasteiger partial charge in [0.15, 0.2) is 0 Å². The minimum absolute atomic E-state index is 0.924. The van der Waals surface area contributed by atoms with Crippen LogP contribution in [0.25, 0.3) is 71.3 Å². The Labute approximate surface area is 283 Å². The van der Waals surface area contributed by atoms with Crippen molar-refractivity contribution in [1.82, 2.24) is 4.57 Å². The third kappa shape index (κ3) is 4.44. The molecule has 0 saturated heterocycles. The average molecular weight is 627 g/mol. The van der Waals surface area contributed by atoms with Crippen LogP contribution in [0.4, 0.5) is 17.1 Å². The molecule has 0 N–H and O–H groups in total. The lowest BCUT2D eigenvalue weighted by Gasteiger charge is -2.26. The molecule has 0 bridgehead atoms. The first-order valence-electron chi connectivity index (χ1n) is 16.7. The van der Waals surface area contributed by atoms with Gasteiger partial charge in [-0.2, -0.15) is 0 Å². The number of hydrogen-bond donors (Lipinski definition) is 0. The maximum Gasteiger partial charge on any atom is 0.136 e. The Bertz CT molecular complexity index is 2810. The lowest BCUT2D eigenvalue weighted by molar-refractivity contribution is 0.669. The van der Waals surface area contributed by atoms with Gasteiger partial charge in [-0.25, -0.2) is 0 Å². The fraction of sp³-hybridized carbons (Fsp3) is 0. The zero-order valence-electron chi connectivity index (χ0n) is 26.6. The maximum absolute atomic E-state index is 6.15. The lowest BCUT2D eigenvalue weighted by Crippen LogP contribution is -2.10. The predicted molar refractivity (Wildman–Crippen MR) is 206 cm³/mol. The summed E-state index contributed by atoms with van der Waals surface area (Å²) in [4.78, 5) is 2.34. The molecule has 0 atom stereocenters. The summed E-state index contributed by atoms with van der Waals surface area (Å²) in [6.07, 6.45) is 0. The molecule has 0 saturated carbocycles. The van der Waals surface area contributed by atoms with E-state index in [1.54, 1.807) is 0 Å². The van der Waals surface area contributed by atoms with E-state index in [9.17, 15) is 0 Å². The second-order valence-electron chi connectivity index (χ2n) is 12.6. The molecule has 230 valence electrons. The van der Waals surface area contributed by atoms with Gasteiger partial charge in [0.2, 0.25) is 0 Å². The third-order valence-corrected chi connectivity index (χ3v) is 9.76. The molecule has 3 heteroatoms. The van der Waals surface area contributed by atoms with Crippen LogP contribution in [-0.4, -0.2) is 4.57 Å². The smallest absolute Gasteiger partial charge is 0.136 e. The summed E-state index contributed by atoms with van der Waals surface area (Å²) in [7, 11) is 0. The van der Waals surface area contributed by atoms with E-state index in [1.807, 2.05) is 12.1 Å².